The molecule has 1 aromatic carbocycles. The average Bonchev–Trinajstić information content (AvgIpc) is 3.04. The molecule has 1 aliphatic heterocycles. The first kappa shape index (κ1) is 16.1. The van der Waals surface area contributed by atoms with Crippen LogP contribution in [-0.2, 0) is 26.6 Å². The molecule has 26 heavy (non-hydrogen) atoms. The van der Waals surface area contributed by atoms with Crippen LogP contribution in [0, 0.1) is 11.3 Å². The van der Waals surface area contributed by atoms with E-state index in [9.17, 15) is 9.59 Å². The molecular weight excluding hydrogens is 334 g/mol. The molecule has 0 saturated carbocycles. The number of para-hydroxylation sites is 1. The molecule has 0 atom stereocenters. The van der Waals surface area contributed by atoms with Crippen LogP contribution < -0.4 is 5.69 Å². The molecule has 0 saturated heterocycles. The maximum atomic E-state index is 13.0. The van der Waals surface area contributed by atoms with E-state index >= 15 is 0 Å². The zero-order chi connectivity index (χ0) is 18.3. The van der Waals surface area contributed by atoms with Gasteiger partial charge >= 0.3 is 5.69 Å². The highest BCUT2D eigenvalue weighted by atomic mass is 16.2. The number of nitriles is 1. The standard InChI is InChI=1S/C17H17N7O2/c1-21-13-5-3-2-4-12(13)15(20-21)16(25)22-8-6-14-19-24(9-7-18)17(26)23(14)11-10-22/h2-5H,6,8-11H2,1H3. The Morgan fingerprint density at radius 1 is 1.23 bits per heavy atom. The van der Waals surface area contributed by atoms with E-state index in [1.165, 1.54) is 4.68 Å². The highest BCUT2D eigenvalue weighted by molar-refractivity contribution is 6.04. The molecule has 0 N–H and O–H groups in total. The minimum atomic E-state index is -0.306. The Hall–Kier alpha value is -3.41. The van der Waals surface area contributed by atoms with Crippen molar-refractivity contribution >= 4 is 16.8 Å². The van der Waals surface area contributed by atoms with Gasteiger partial charge in [0.05, 0.1) is 11.6 Å². The van der Waals surface area contributed by atoms with Crippen LogP contribution in [0.25, 0.3) is 10.9 Å². The first-order chi connectivity index (χ1) is 12.6. The summed E-state index contributed by atoms with van der Waals surface area (Å²) >= 11 is 0. The molecular formula is C17H17N7O2. The van der Waals surface area contributed by atoms with Gasteiger partial charge in [-0.15, -0.1) is 0 Å². The summed E-state index contributed by atoms with van der Waals surface area (Å²) in [6.07, 6.45) is 0.462. The van der Waals surface area contributed by atoms with Crippen molar-refractivity contribution in [2.45, 2.75) is 19.5 Å². The van der Waals surface area contributed by atoms with Crippen LogP contribution in [-0.4, -0.2) is 48.0 Å². The van der Waals surface area contributed by atoms with Crippen molar-refractivity contribution in [2.75, 3.05) is 13.1 Å². The Labute approximate surface area is 148 Å². The van der Waals surface area contributed by atoms with Crippen molar-refractivity contribution in [3.8, 4) is 6.07 Å². The van der Waals surface area contributed by atoms with E-state index in [1.54, 1.807) is 14.1 Å². The molecule has 0 fully saturated rings. The molecule has 0 spiro atoms. The van der Waals surface area contributed by atoms with E-state index in [4.69, 9.17) is 5.26 Å². The van der Waals surface area contributed by atoms with Crippen molar-refractivity contribution in [1.29, 1.82) is 5.26 Å². The minimum absolute atomic E-state index is 0.0681. The van der Waals surface area contributed by atoms with E-state index in [0.29, 0.717) is 37.6 Å². The SMILES string of the molecule is Cn1nc(C(=O)N2CCc3nn(CC#N)c(=O)n3CC2)c2ccccc21. The normalized spacial score (nSPS) is 14.1. The van der Waals surface area contributed by atoms with Gasteiger partial charge in [0.2, 0.25) is 0 Å². The Balaban J connectivity index is 1.61. The van der Waals surface area contributed by atoms with Gasteiger partial charge in [-0.2, -0.15) is 20.1 Å². The summed E-state index contributed by atoms with van der Waals surface area (Å²) in [7, 11) is 1.81. The zero-order valence-corrected chi connectivity index (χ0v) is 14.3. The van der Waals surface area contributed by atoms with Crippen LogP contribution in [0.3, 0.4) is 0 Å². The fourth-order valence-corrected chi connectivity index (χ4v) is 3.36. The smallest absolute Gasteiger partial charge is 0.335 e. The maximum Gasteiger partial charge on any atom is 0.346 e. The minimum Gasteiger partial charge on any atom is -0.335 e. The van der Waals surface area contributed by atoms with Crippen LogP contribution in [0.2, 0.25) is 0 Å². The number of hydrogen-bond donors (Lipinski definition) is 0. The number of carbonyl (C=O) groups excluding carboxylic acids is 1. The maximum absolute atomic E-state index is 13.0. The Kier molecular flexibility index (Phi) is 3.80. The van der Waals surface area contributed by atoms with Gasteiger partial charge in [0.1, 0.15) is 12.4 Å². The topological polar surface area (TPSA) is 102 Å². The molecule has 1 aliphatic rings. The van der Waals surface area contributed by atoms with Gasteiger partial charge in [-0.25, -0.2) is 4.79 Å². The fraction of sp³-hybridized carbons (Fsp3) is 0.353. The van der Waals surface area contributed by atoms with Gasteiger partial charge in [0.15, 0.2) is 5.69 Å². The number of aryl methyl sites for hydroxylation is 1. The number of carbonyl (C=O) groups is 1. The lowest BCUT2D eigenvalue weighted by molar-refractivity contribution is 0.0753. The molecule has 0 bridgehead atoms. The van der Waals surface area contributed by atoms with Crippen LogP contribution in [0.1, 0.15) is 16.3 Å². The Bertz CT molecular complexity index is 1100. The quantitative estimate of drug-likeness (QED) is 0.654. The first-order valence-corrected chi connectivity index (χ1v) is 8.34. The third kappa shape index (κ3) is 2.47. The second-order valence-corrected chi connectivity index (χ2v) is 6.20. The molecule has 2 aromatic heterocycles. The van der Waals surface area contributed by atoms with Crippen LogP contribution in [0.4, 0.5) is 0 Å². The van der Waals surface area contributed by atoms with Gasteiger partial charge in [0.25, 0.3) is 5.91 Å². The molecule has 1 amide bonds. The Morgan fingerprint density at radius 3 is 2.85 bits per heavy atom. The summed E-state index contributed by atoms with van der Waals surface area (Å²) < 4.78 is 4.41. The van der Waals surface area contributed by atoms with E-state index in [-0.39, 0.29) is 18.1 Å². The fourth-order valence-electron chi connectivity index (χ4n) is 3.36. The van der Waals surface area contributed by atoms with Crippen molar-refractivity contribution in [1.82, 2.24) is 29.0 Å². The van der Waals surface area contributed by atoms with Crippen molar-refractivity contribution in [2.24, 2.45) is 7.05 Å². The lowest BCUT2D eigenvalue weighted by Crippen LogP contribution is -2.35. The molecule has 3 aromatic rings. The summed E-state index contributed by atoms with van der Waals surface area (Å²) in [5.41, 5.74) is 1.02. The lowest BCUT2D eigenvalue weighted by Gasteiger charge is -2.18. The second kappa shape index (κ2) is 6.15. The number of fused-ring (bicyclic) bond motifs is 2. The third-order valence-electron chi connectivity index (χ3n) is 4.67. The van der Waals surface area contributed by atoms with Crippen LogP contribution in [0.15, 0.2) is 29.1 Å². The largest absolute Gasteiger partial charge is 0.346 e. The average molecular weight is 351 g/mol. The van der Waals surface area contributed by atoms with E-state index in [1.807, 2.05) is 37.4 Å². The molecule has 0 aliphatic carbocycles. The third-order valence-corrected chi connectivity index (χ3v) is 4.67. The van der Waals surface area contributed by atoms with Gasteiger partial charge in [-0.3, -0.25) is 14.0 Å². The molecule has 4 rings (SSSR count). The van der Waals surface area contributed by atoms with E-state index < -0.39 is 0 Å². The summed E-state index contributed by atoms with van der Waals surface area (Å²) in [5, 5.41) is 18.2. The summed E-state index contributed by atoms with van der Waals surface area (Å²) in [6.45, 7) is 1.14. The predicted molar refractivity (Wildman–Crippen MR) is 92.4 cm³/mol. The van der Waals surface area contributed by atoms with Gasteiger partial charge < -0.3 is 4.90 Å². The van der Waals surface area contributed by atoms with Crippen LogP contribution in [0.5, 0.6) is 0 Å². The van der Waals surface area contributed by atoms with E-state index in [2.05, 4.69) is 10.2 Å². The number of aromatic nitrogens is 5. The number of nitrogens with zero attached hydrogens (tertiary/aromatic N) is 7. The summed E-state index contributed by atoms with van der Waals surface area (Å²) in [6, 6.07) is 9.54. The van der Waals surface area contributed by atoms with Crippen LogP contribution >= 0.6 is 0 Å². The Morgan fingerprint density at radius 2 is 2.04 bits per heavy atom. The number of amides is 1. The van der Waals surface area contributed by atoms with Gasteiger partial charge in [-0.1, -0.05) is 18.2 Å². The monoisotopic (exact) mass is 351 g/mol. The highest BCUT2D eigenvalue weighted by Crippen LogP contribution is 2.19. The zero-order valence-electron chi connectivity index (χ0n) is 14.3. The lowest BCUT2D eigenvalue weighted by atomic mass is 10.2. The molecule has 9 heteroatoms. The summed E-state index contributed by atoms with van der Waals surface area (Å²) in [4.78, 5) is 27.0. The molecule has 0 radical (unpaired) electrons. The molecule has 3 heterocycles. The summed E-state index contributed by atoms with van der Waals surface area (Å²) in [5.74, 6) is 0.455. The molecule has 132 valence electrons. The predicted octanol–water partition coefficient (Wildman–Crippen LogP) is 0.154. The van der Waals surface area contributed by atoms with Crippen molar-refractivity contribution in [3.05, 3.63) is 46.3 Å². The van der Waals surface area contributed by atoms with Crippen molar-refractivity contribution in [3.63, 3.8) is 0 Å². The number of rotatable bonds is 2. The van der Waals surface area contributed by atoms with E-state index in [0.717, 1.165) is 10.9 Å². The van der Waals surface area contributed by atoms with Gasteiger partial charge in [0, 0.05) is 38.5 Å². The van der Waals surface area contributed by atoms with Gasteiger partial charge in [-0.05, 0) is 6.07 Å². The second-order valence-electron chi connectivity index (χ2n) is 6.20. The highest BCUT2D eigenvalue weighted by Gasteiger charge is 2.26. The molecule has 0 unspecified atom stereocenters. The number of hydrogen-bond acceptors (Lipinski definition) is 5. The van der Waals surface area contributed by atoms with Crippen molar-refractivity contribution < 1.29 is 4.79 Å². The first-order valence-electron chi connectivity index (χ1n) is 8.34. The molecule has 9 nitrogen and oxygen atoms in total. The number of benzene rings is 1.